The van der Waals surface area contributed by atoms with Crippen LogP contribution in [-0.4, -0.2) is 25.3 Å². The van der Waals surface area contributed by atoms with E-state index in [1.165, 1.54) is 14.2 Å². The second-order valence-electron chi connectivity index (χ2n) is 4.43. The average Bonchev–Trinajstić information content (AvgIpc) is 2.52. The summed E-state index contributed by atoms with van der Waals surface area (Å²) < 4.78 is 9.63. The molecule has 21 heavy (non-hydrogen) atoms. The molecule has 0 aromatic heterocycles. The standard InChI is InChI=1S/C16H17NO4/c1-20-15-8-7-13(9-14(15)18)17-10-11-3-5-12(6-4-11)16(19)21-2/h3-9,17-18H,10H2,1-2H3. The topological polar surface area (TPSA) is 67.8 Å². The average molecular weight is 287 g/mol. The summed E-state index contributed by atoms with van der Waals surface area (Å²) in [6.07, 6.45) is 0. The Morgan fingerprint density at radius 1 is 1.14 bits per heavy atom. The van der Waals surface area contributed by atoms with Crippen LogP contribution in [0.4, 0.5) is 5.69 Å². The van der Waals surface area contributed by atoms with E-state index >= 15 is 0 Å². The van der Waals surface area contributed by atoms with E-state index in [1.807, 2.05) is 18.2 Å². The SMILES string of the molecule is COC(=O)c1ccc(CNc2ccc(OC)c(O)c2)cc1. The maximum Gasteiger partial charge on any atom is 0.337 e. The van der Waals surface area contributed by atoms with Gasteiger partial charge in [-0.25, -0.2) is 4.79 Å². The third kappa shape index (κ3) is 3.66. The van der Waals surface area contributed by atoms with E-state index in [0.29, 0.717) is 17.9 Å². The number of carbonyl (C=O) groups is 1. The zero-order valence-corrected chi connectivity index (χ0v) is 11.9. The molecule has 0 unspecified atom stereocenters. The Bertz CT molecular complexity index is 623. The lowest BCUT2D eigenvalue weighted by Gasteiger charge is -2.09. The number of esters is 1. The van der Waals surface area contributed by atoms with Crippen molar-refractivity contribution in [2.75, 3.05) is 19.5 Å². The second kappa shape index (κ2) is 6.65. The van der Waals surface area contributed by atoms with Crippen molar-refractivity contribution < 1.29 is 19.4 Å². The zero-order chi connectivity index (χ0) is 15.2. The first-order valence-electron chi connectivity index (χ1n) is 6.42. The molecule has 0 spiro atoms. The molecule has 0 bridgehead atoms. The van der Waals surface area contributed by atoms with Gasteiger partial charge in [-0.2, -0.15) is 0 Å². The Morgan fingerprint density at radius 3 is 2.43 bits per heavy atom. The molecule has 2 rings (SSSR count). The molecule has 2 aromatic rings. The van der Waals surface area contributed by atoms with Crippen LogP contribution in [0.5, 0.6) is 11.5 Å². The highest BCUT2D eigenvalue weighted by Gasteiger charge is 2.05. The number of nitrogens with one attached hydrogen (secondary N) is 1. The normalized spacial score (nSPS) is 10.0. The summed E-state index contributed by atoms with van der Waals surface area (Å²) in [6, 6.07) is 12.2. The Kier molecular flexibility index (Phi) is 4.66. The molecular formula is C16H17NO4. The molecule has 0 fully saturated rings. The third-order valence-corrected chi connectivity index (χ3v) is 3.05. The molecule has 0 saturated heterocycles. The monoisotopic (exact) mass is 287 g/mol. The van der Waals surface area contributed by atoms with Gasteiger partial charge in [0.15, 0.2) is 11.5 Å². The number of aromatic hydroxyl groups is 1. The Hall–Kier alpha value is -2.69. The lowest BCUT2D eigenvalue weighted by atomic mass is 10.1. The minimum Gasteiger partial charge on any atom is -0.504 e. The summed E-state index contributed by atoms with van der Waals surface area (Å²) in [5, 5.41) is 12.9. The molecular weight excluding hydrogens is 270 g/mol. The van der Waals surface area contributed by atoms with E-state index in [2.05, 4.69) is 10.1 Å². The molecule has 5 heteroatoms. The number of benzene rings is 2. The van der Waals surface area contributed by atoms with E-state index < -0.39 is 0 Å². The summed E-state index contributed by atoms with van der Waals surface area (Å²) >= 11 is 0. The Balaban J connectivity index is 1.99. The van der Waals surface area contributed by atoms with Gasteiger partial charge in [0.2, 0.25) is 0 Å². The highest BCUT2D eigenvalue weighted by molar-refractivity contribution is 5.89. The van der Waals surface area contributed by atoms with E-state index in [9.17, 15) is 9.90 Å². The van der Waals surface area contributed by atoms with Gasteiger partial charge in [0.25, 0.3) is 0 Å². The molecule has 0 amide bonds. The Labute approximate surface area is 123 Å². The van der Waals surface area contributed by atoms with E-state index in [1.54, 1.807) is 24.3 Å². The number of hydrogen-bond donors (Lipinski definition) is 2. The highest BCUT2D eigenvalue weighted by atomic mass is 16.5. The van der Waals surface area contributed by atoms with Gasteiger partial charge in [0.1, 0.15) is 0 Å². The fraction of sp³-hybridized carbons (Fsp3) is 0.188. The minimum absolute atomic E-state index is 0.0866. The van der Waals surface area contributed by atoms with Crippen molar-refractivity contribution in [1.82, 2.24) is 0 Å². The maximum absolute atomic E-state index is 11.3. The largest absolute Gasteiger partial charge is 0.504 e. The van der Waals surface area contributed by atoms with Gasteiger partial charge < -0.3 is 19.9 Å². The van der Waals surface area contributed by atoms with Crippen molar-refractivity contribution in [2.24, 2.45) is 0 Å². The molecule has 5 nitrogen and oxygen atoms in total. The third-order valence-electron chi connectivity index (χ3n) is 3.05. The van der Waals surface area contributed by atoms with Crippen molar-refractivity contribution in [3.05, 3.63) is 53.6 Å². The number of phenols is 1. The Morgan fingerprint density at radius 2 is 1.86 bits per heavy atom. The number of ether oxygens (including phenoxy) is 2. The van der Waals surface area contributed by atoms with Crippen LogP contribution in [-0.2, 0) is 11.3 Å². The summed E-state index contributed by atoms with van der Waals surface area (Å²) in [4.78, 5) is 11.3. The van der Waals surface area contributed by atoms with Gasteiger partial charge in [0, 0.05) is 18.3 Å². The van der Waals surface area contributed by atoms with Crippen LogP contribution in [0, 0.1) is 0 Å². The lowest BCUT2D eigenvalue weighted by molar-refractivity contribution is 0.0600. The number of anilines is 1. The first kappa shape index (κ1) is 14.7. The summed E-state index contributed by atoms with van der Waals surface area (Å²) in [5.74, 6) is 0.168. The van der Waals surface area contributed by atoms with Crippen LogP contribution < -0.4 is 10.1 Å². The molecule has 0 aliphatic carbocycles. The van der Waals surface area contributed by atoms with Crippen LogP contribution in [0.1, 0.15) is 15.9 Å². The molecule has 0 aliphatic rings. The molecule has 0 radical (unpaired) electrons. The van der Waals surface area contributed by atoms with Crippen molar-refractivity contribution in [1.29, 1.82) is 0 Å². The molecule has 0 heterocycles. The molecule has 0 aliphatic heterocycles. The number of methoxy groups -OCH3 is 2. The van der Waals surface area contributed by atoms with Crippen LogP contribution in [0.25, 0.3) is 0 Å². The molecule has 0 saturated carbocycles. The molecule has 2 N–H and O–H groups in total. The van der Waals surface area contributed by atoms with E-state index in [-0.39, 0.29) is 11.7 Å². The fourth-order valence-corrected chi connectivity index (χ4v) is 1.88. The van der Waals surface area contributed by atoms with Crippen molar-refractivity contribution in [3.8, 4) is 11.5 Å². The first-order chi connectivity index (χ1) is 10.1. The lowest BCUT2D eigenvalue weighted by Crippen LogP contribution is -2.03. The van der Waals surface area contributed by atoms with Gasteiger partial charge in [-0.05, 0) is 29.8 Å². The predicted octanol–water partition coefficient (Wildman–Crippen LogP) is 2.80. The van der Waals surface area contributed by atoms with E-state index in [0.717, 1.165) is 11.3 Å². The second-order valence-corrected chi connectivity index (χ2v) is 4.43. The van der Waals surface area contributed by atoms with Crippen LogP contribution in [0.15, 0.2) is 42.5 Å². The predicted molar refractivity (Wildman–Crippen MR) is 79.8 cm³/mol. The summed E-state index contributed by atoms with van der Waals surface area (Å²) in [7, 11) is 2.86. The minimum atomic E-state index is -0.352. The molecule has 0 atom stereocenters. The smallest absolute Gasteiger partial charge is 0.337 e. The molecule has 2 aromatic carbocycles. The van der Waals surface area contributed by atoms with Gasteiger partial charge >= 0.3 is 5.97 Å². The summed E-state index contributed by atoms with van der Waals surface area (Å²) in [6.45, 7) is 0.577. The number of rotatable bonds is 5. The van der Waals surface area contributed by atoms with Gasteiger partial charge in [0.05, 0.1) is 19.8 Å². The van der Waals surface area contributed by atoms with Crippen LogP contribution in [0.3, 0.4) is 0 Å². The van der Waals surface area contributed by atoms with Crippen LogP contribution in [0.2, 0.25) is 0 Å². The van der Waals surface area contributed by atoms with Gasteiger partial charge in [-0.3, -0.25) is 0 Å². The van der Waals surface area contributed by atoms with Crippen molar-refractivity contribution >= 4 is 11.7 Å². The van der Waals surface area contributed by atoms with Crippen LogP contribution >= 0.6 is 0 Å². The highest BCUT2D eigenvalue weighted by Crippen LogP contribution is 2.28. The fourth-order valence-electron chi connectivity index (χ4n) is 1.88. The number of phenolic OH excluding ortho intramolecular Hbond substituents is 1. The number of hydrogen-bond acceptors (Lipinski definition) is 5. The van der Waals surface area contributed by atoms with Gasteiger partial charge in [-0.15, -0.1) is 0 Å². The zero-order valence-electron chi connectivity index (χ0n) is 11.9. The number of carbonyl (C=O) groups excluding carboxylic acids is 1. The van der Waals surface area contributed by atoms with Gasteiger partial charge in [-0.1, -0.05) is 12.1 Å². The first-order valence-corrected chi connectivity index (χ1v) is 6.42. The molecule has 110 valence electrons. The van der Waals surface area contributed by atoms with Crippen molar-refractivity contribution in [3.63, 3.8) is 0 Å². The quantitative estimate of drug-likeness (QED) is 0.828. The maximum atomic E-state index is 11.3. The summed E-state index contributed by atoms with van der Waals surface area (Å²) in [5.41, 5.74) is 2.31. The van der Waals surface area contributed by atoms with E-state index in [4.69, 9.17) is 4.74 Å². The van der Waals surface area contributed by atoms with Crippen molar-refractivity contribution in [2.45, 2.75) is 6.54 Å².